The minimum atomic E-state index is -0.666. The largest absolute Gasteiger partial charge is 0.494 e. The SMILES string of the molecule is COc1cc(F)c(C(=Nc2ccccc2[N+](=O)[O-])NO)c2c1NCC2(C)C. The first-order valence-electron chi connectivity index (χ1n) is 8.17. The molecule has 0 aromatic heterocycles. The highest BCUT2D eigenvalue weighted by molar-refractivity contribution is 6.04. The Kier molecular flexibility index (Phi) is 4.71. The fourth-order valence-corrected chi connectivity index (χ4v) is 3.24. The van der Waals surface area contributed by atoms with Gasteiger partial charge in [0.15, 0.2) is 5.84 Å². The van der Waals surface area contributed by atoms with E-state index in [4.69, 9.17) is 4.74 Å². The number of hydrogen-bond acceptors (Lipinski definition) is 6. The summed E-state index contributed by atoms with van der Waals surface area (Å²) < 4.78 is 20.2. The molecule has 0 radical (unpaired) electrons. The minimum Gasteiger partial charge on any atom is -0.494 e. The zero-order chi connectivity index (χ0) is 19.8. The van der Waals surface area contributed by atoms with Gasteiger partial charge in [-0.05, 0) is 6.07 Å². The van der Waals surface area contributed by atoms with E-state index >= 15 is 0 Å². The zero-order valence-corrected chi connectivity index (χ0v) is 15.0. The van der Waals surface area contributed by atoms with E-state index in [1.165, 1.54) is 31.4 Å². The predicted octanol–water partition coefficient (Wildman–Crippen LogP) is 3.50. The number of ether oxygens (including phenoxy) is 1. The quantitative estimate of drug-likeness (QED) is 0.327. The van der Waals surface area contributed by atoms with E-state index in [2.05, 4.69) is 10.3 Å². The van der Waals surface area contributed by atoms with Crippen LogP contribution >= 0.6 is 0 Å². The number of methoxy groups -OCH3 is 1. The van der Waals surface area contributed by atoms with Crippen molar-refractivity contribution in [2.45, 2.75) is 19.3 Å². The van der Waals surface area contributed by atoms with Gasteiger partial charge in [-0.15, -0.1) is 0 Å². The Morgan fingerprint density at radius 3 is 2.78 bits per heavy atom. The summed E-state index contributed by atoms with van der Waals surface area (Å²) in [6.45, 7) is 4.35. The first-order chi connectivity index (χ1) is 12.8. The van der Waals surface area contributed by atoms with Crippen molar-refractivity contribution in [1.29, 1.82) is 0 Å². The highest BCUT2D eigenvalue weighted by Gasteiger charge is 2.38. The maximum absolute atomic E-state index is 15.0. The molecule has 1 aliphatic heterocycles. The second-order valence-electron chi connectivity index (χ2n) is 6.74. The van der Waals surface area contributed by atoms with Crippen LogP contribution in [0.5, 0.6) is 5.75 Å². The number of hydrogen-bond donors (Lipinski definition) is 3. The molecule has 8 nitrogen and oxygen atoms in total. The molecule has 3 N–H and O–H groups in total. The van der Waals surface area contributed by atoms with Crippen molar-refractivity contribution in [1.82, 2.24) is 5.48 Å². The molecule has 0 fully saturated rings. The molecule has 0 bridgehead atoms. The number of halogens is 1. The molecule has 2 aromatic carbocycles. The van der Waals surface area contributed by atoms with E-state index in [1.807, 2.05) is 19.3 Å². The standard InChI is InChI=1S/C18H19FN4O4/c1-18(2)9-20-16-13(27-3)8-10(19)14(15(16)18)17(22-24)21-11-6-4-5-7-12(11)23(25)26/h4-8,20,24H,9H2,1-3H3,(H,21,22). The molecule has 0 aliphatic carbocycles. The summed E-state index contributed by atoms with van der Waals surface area (Å²) in [5.41, 5.74) is 2.35. The van der Waals surface area contributed by atoms with Crippen LogP contribution < -0.4 is 15.5 Å². The molecule has 142 valence electrons. The Hall–Kier alpha value is -3.20. The molecule has 3 rings (SSSR count). The number of nitro groups is 1. The van der Waals surface area contributed by atoms with Gasteiger partial charge in [0.25, 0.3) is 5.69 Å². The summed E-state index contributed by atoms with van der Waals surface area (Å²) in [5, 5.41) is 24.1. The molecule has 0 saturated heterocycles. The van der Waals surface area contributed by atoms with E-state index in [-0.39, 0.29) is 22.8 Å². The molecule has 1 aliphatic rings. The van der Waals surface area contributed by atoms with Gasteiger partial charge in [-0.25, -0.2) is 9.38 Å². The molecule has 0 spiro atoms. The van der Waals surface area contributed by atoms with Crippen LogP contribution in [0.2, 0.25) is 0 Å². The number of nitrogens with zero attached hydrogens (tertiary/aromatic N) is 2. The van der Waals surface area contributed by atoms with Gasteiger partial charge in [0.1, 0.15) is 17.3 Å². The van der Waals surface area contributed by atoms with Crippen molar-refractivity contribution in [3.8, 4) is 5.75 Å². The fourth-order valence-electron chi connectivity index (χ4n) is 3.24. The Labute approximate surface area is 154 Å². The number of nitro benzene ring substituents is 1. The van der Waals surface area contributed by atoms with Gasteiger partial charge in [-0.1, -0.05) is 26.0 Å². The van der Waals surface area contributed by atoms with Crippen LogP contribution in [0.4, 0.5) is 21.5 Å². The lowest BCUT2D eigenvalue weighted by Crippen LogP contribution is -2.28. The summed E-state index contributed by atoms with van der Waals surface area (Å²) in [6.07, 6.45) is 0. The van der Waals surface area contributed by atoms with Gasteiger partial charge in [-0.2, -0.15) is 0 Å². The fraction of sp³-hybridized carbons (Fsp3) is 0.278. The van der Waals surface area contributed by atoms with Crippen LogP contribution in [-0.2, 0) is 5.41 Å². The maximum Gasteiger partial charge on any atom is 0.294 e. The van der Waals surface area contributed by atoms with Gasteiger partial charge >= 0.3 is 0 Å². The number of amidine groups is 1. The van der Waals surface area contributed by atoms with E-state index < -0.39 is 16.2 Å². The zero-order valence-electron chi connectivity index (χ0n) is 15.0. The number of anilines is 1. The summed E-state index contributed by atoms with van der Waals surface area (Å²) in [6, 6.07) is 6.96. The van der Waals surface area contributed by atoms with Crippen LogP contribution in [0.25, 0.3) is 0 Å². The molecule has 2 aromatic rings. The Morgan fingerprint density at radius 2 is 2.15 bits per heavy atom. The van der Waals surface area contributed by atoms with Crippen molar-refractivity contribution >= 4 is 22.9 Å². The van der Waals surface area contributed by atoms with Gasteiger partial charge < -0.3 is 10.1 Å². The van der Waals surface area contributed by atoms with E-state index in [1.54, 1.807) is 6.07 Å². The highest BCUT2D eigenvalue weighted by atomic mass is 19.1. The summed E-state index contributed by atoms with van der Waals surface area (Å²) in [4.78, 5) is 14.8. The van der Waals surface area contributed by atoms with E-state index in [0.717, 1.165) is 0 Å². The first-order valence-corrected chi connectivity index (χ1v) is 8.17. The van der Waals surface area contributed by atoms with Crippen LogP contribution in [0.15, 0.2) is 35.3 Å². The number of hydroxylamine groups is 1. The second-order valence-corrected chi connectivity index (χ2v) is 6.74. The third kappa shape index (κ3) is 3.17. The van der Waals surface area contributed by atoms with Crippen LogP contribution in [-0.4, -0.2) is 29.6 Å². The third-order valence-electron chi connectivity index (χ3n) is 4.50. The first kappa shape index (κ1) is 18.6. The number of nitrogens with one attached hydrogen (secondary N) is 2. The van der Waals surface area contributed by atoms with Gasteiger partial charge in [-0.3, -0.25) is 20.8 Å². The molecular weight excluding hydrogens is 355 g/mol. The topological polar surface area (TPSA) is 109 Å². The normalized spacial score (nSPS) is 15.1. The lowest BCUT2D eigenvalue weighted by Gasteiger charge is -2.22. The summed E-state index contributed by atoms with van der Waals surface area (Å²) in [5.74, 6) is -0.557. The number of rotatable bonds is 4. The second kappa shape index (κ2) is 6.84. The van der Waals surface area contributed by atoms with E-state index in [0.29, 0.717) is 23.5 Å². The van der Waals surface area contributed by atoms with Crippen molar-refractivity contribution < 1.29 is 19.3 Å². The Bertz CT molecular complexity index is 943. The molecule has 9 heteroatoms. The molecule has 0 saturated carbocycles. The van der Waals surface area contributed by atoms with Gasteiger partial charge in [0, 0.05) is 29.7 Å². The minimum absolute atomic E-state index is 0.00761. The van der Waals surface area contributed by atoms with Gasteiger partial charge in [0.05, 0.1) is 23.3 Å². The van der Waals surface area contributed by atoms with Crippen molar-refractivity contribution in [2.75, 3.05) is 19.0 Å². The molecule has 27 heavy (non-hydrogen) atoms. The lowest BCUT2D eigenvalue weighted by molar-refractivity contribution is -0.384. The van der Waals surface area contributed by atoms with E-state index in [9.17, 15) is 19.7 Å². The average molecular weight is 374 g/mol. The highest BCUT2D eigenvalue weighted by Crippen LogP contribution is 2.45. The molecule has 0 amide bonds. The van der Waals surface area contributed by atoms with Crippen molar-refractivity contribution in [3.63, 3.8) is 0 Å². The monoisotopic (exact) mass is 374 g/mol. The molecular formula is C18H19FN4O4. The average Bonchev–Trinajstić information content (AvgIpc) is 2.95. The predicted molar refractivity (Wildman–Crippen MR) is 98.7 cm³/mol. The lowest BCUT2D eigenvalue weighted by atomic mass is 9.83. The Balaban J connectivity index is 2.27. The smallest absolute Gasteiger partial charge is 0.294 e. The number of benzene rings is 2. The molecule has 1 heterocycles. The number of fused-ring (bicyclic) bond motifs is 1. The van der Waals surface area contributed by atoms with Crippen LogP contribution in [0.3, 0.4) is 0 Å². The third-order valence-corrected chi connectivity index (χ3v) is 4.50. The molecule has 0 atom stereocenters. The Morgan fingerprint density at radius 1 is 1.44 bits per heavy atom. The van der Waals surface area contributed by atoms with Crippen molar-refractivity contribution in [3.05, 3.63) is 57.4 Å². The van der Waals surface area contributed by atoms with Crippen LogP contribution in [0.1, 0.15) is 25.0 Å². The van der Waals surface area contributed by atoms with Gasteiger partial charge in [0.2, 0.25) is 0 Å². The molecule has 0 unspecified atom stereocenters. The summed E-state index contributed by atoms with van der Waals surface area (Å²) in [7, 11) is 1.44. The number of para-hydroxylation sites is 2. The van der Waals surface area contributed by atoms with Crippen LogP contribution in [0, 0.1) is 15.9 Å². The van der Waals surface area contributed by atoms with Crippen molar-refractivity contribution in [2.24, 2.45) is 4.99 Å². The number of aliphatic imine (C=N–C) groups is 1. The maximum atomic E-state index is 15.0. The summed E-state index contributed by atoms with van der Waals surface area (Å²) >= 11 is 0.